The molecule has 2 rings (SSSR count). The molecule has 0 saturated carbocycles. The summed E-state index contributed by atoms with van der Waals surface area (Å²) in [6, 6.07) is 4.48. The number of benzene rings is 1. The van der Waals surface area contributed by atoms with Crippen molar-refractivity contribution in [2.24, 2.45) is 0 Å². The zero-order chi connectivity index (χ0) is 15.5. The number of carbonyl (C=O) groups excluding carboxylic acids is 1. The Bertz CT molecular complexity index is 595. The first-order valence-electron chi connectivity index (χ1n) is 6.90. The molecule has 5 nitrogen and oxygen atoms in total. The molecule has 116 valence electrons. The number of likely N-dealkylation sites (tertiary alicyclic amines) is 1. The first kappa shape index (κ1) is 15.9. The minimum atomic E-state index is -3.64. The summed E-state index contributed by atoms with van der Waals surface area (Å²) in [6.07, 6.45) is 1.92. The Morgan fingerprint density at radius 3 is 2.43 bits per heavy atom. The molecule has 0 spiro atoms. The number of sulfonamides is 1. The van der Waals surface area contributed by atoms with Crippen molar-refractivity contribution >= 4 is 15.9 Å². The SMILES string of the molecule is C[C@H](NS(=O)(=O)Cc1ccc(F)cc1)C(=O)N1CCCC1. The maximum absolute atomic E-state index is 12.8. The van der Waals surface area contributed by atoms with E-state index in [0.717, 1.165) is 12.8 Å². The van der Waals surface area contributed by atoms with E-state index >= 15 is 0 Å². The second kappa shape index (κ2) is 6.53. The van der Waals surface area contributed by atoms with E-state index in [1.165, 1.54) is 24.3 Å². The monoisotopic (exact) mass is 314 g/mol. The van der Waals surface area contributed by atoms with Crippen LogP contribution in [0.1, 0.15) is 25.3 Å². The van der Waals surface area contributed by atoms with Gasteiger partial charge in [-0.1, -0.05) is 12.1 Å². The second-order valence-corrected chi connectivity index (χ2v) is 7.01. The number of amides is 1. The van der Waals surface area contributed by atoms with Crippen LogP contribution in [0.5, 0.6) is 0 Å². The van der Waals surface area contributed by atoms with Crippen molar-refractivity contribution in [1.82, 2.24) is 9.62 Å². The second-order valence-electron chi connectivity index (χ2n) is 5.26. The highest BCUT2D eigenvalue weighted by atomic mass is 32.2. The van der Waals surface area contributed by atoms with Gasteiger partial charge in [0.2, 0.25) is 15.9 Å². The Morgan fingerprint density at radius 2 is 1.86 bits per heavy atom. The van der Waals surface area contributed by atoms with Gasteiger partial charge in [0.25, 0.3) is 0 Å². The summed E-state index contributed by atoms with van der Waals surface area (Å²) in [6.45, 7) is 2.91. The molecule has 1 heterocycles. The molecule has 0 bridgehead atoms. The van der Waals surface area contributed by atoms with E-state index in [4.69, 9.17) is 0 Å². The molecule has 1 aliphatic heterocycles. The number of halogens is 1. The molecule has 1 amide bonds. The van der Waals surface area contributed by atoms with Crippen LogP contribution in [0.3, 0.4) is 0 Å². The van der Waals surface area contributed by atoms with Gasteiger partial charge in [0.1, 0.15) is 5.82 Å². The van der Waals surface area contributed by atoms with Crippen molar-refractivity contribution in [2.75, 3.05) is 13.1 Å². The summed E-state index contributed by atoms with van der Waals surface area (Å²) in [5, 5.41) is 0. The van der Waals surface area contributed by atoms with Crippen LogP contribution >= 0.6 is 0 Å². The quantitative estimate of drug-likeness (QED) is 0.889. The molecule has 1 N–H and O–H groups in total. The van der Waals surface area contributed by atoms with E-state index in [-0.39, 0.29) is 11.7 Å². The van der Waals surface area contributed by atoms with Gasteiger partial charge in [0.15, 0.2) is 0 Å². The number of hydrogen-bond donors (Lipinski definition) is 1. The topological polar surface area (TPSA) is 66.5 Å². The molecule has 1 saturated heterocycles. The lowest BCUT2D eigenvalue weighted by molar-refractivity contribution is -0.131. The van der Waals surface area contributed by atoms with Crippen LogP contribution in [0.2, 0.25) is 0 Å². The fraction of sp³-hybridized carbons (Fsp3) is 0.500. The van der Waals surface area contributed by atoms with Crippen LogP contribution in [0.25, 0.3) is 0 Å². The number of rotatable bonds is 5. The lowest BCUT2D eigenvalue weighted by Crippen LogP contribution is -2.46. The third kappa shape index (κ3) is 4.50. The van der Waals surface area contributed by atoms with E-state index in [1.54, 1.807) is 11.8 Å². The number of nitrogens with zero attached hydrogens (tertiary/aromatic N) is 1. The van der Waals surface area contributed by atoms with Crippen molar-refractivity contribution in [3.8, 4) is 0 Å². The van der Waals surface area contributed by atoms with Gasteiger partial charge in [0, 0.05) is 13.1 Å². The first-order valence-corrected chi connectivity index (χ1v) is 8.56. The molecule has 21 heavy (non-hydrogen) atoms. The molecule has 0 aliphatic carbocycles. The van der Waals surface area contributed by atoms with Crippen LogP contribution in [-0.4, -0.2) is 38.4 Å². The molecule has 0 radical (unpaired) electrons. The zero-order valence-electron chi connectivity index (χ0n) is 11.9. The van der Waals surface area contributed by atoms with E-state index in [2.05, 4.69) is 4.72 Å². The lowest BCUT2D eigenvalue weighted by atomic mass is 10.2. The highest BCUT2D eigenvalue weighted by Gasteiger charge is 2.26. The van der Waals surface area contributed by atoms with Crippen LogP contribution in [0.15, 0.2) is 24.3 Å². The molecule has 1 aromatic carbocycles. The summed E-state index contributed by atoms with van der Waals surface area (Å²) in [7, 11) is -3.64. The Kier molecular flexibility index (Phi) is 4.95. The van der Waals surface area contributed by atoms with Gasteiger partial charge >= 0.3 is 0 Å². The van der Waals surface area contributed by atoms with Crippen molar-refractivity contribution in [3.05, 3.63) is 35.6 Å². The largest absolute Gasteiger partial charge is 0.341 e. The molecule has 1 aromatic rings. The average molecular weight is 314 g/mol. The average Bonchev–Trinajstić information content (AvgIpc) is 2.93. The van der Waals surface area contributed by atoms with Crippen LogP contribution in [0.4, 0.5) is 4.39 Å². The maximum Gasteiger partial charge on any atom is 0.240 e. The number of nitrogens with one attached hydrogen (secondary N) is 1. The zero-order valence-corrected chi connectivity index (χ0v) is 12.7. The molecule has 1 fully saturated rings. The van der Waals surface area contributed by atoms with Crippen LogP contribution in [0, 0.1) is 5.82 Å². The molecule has 0 unspecified atom stereocenters. The summed E-state index contributed by atoms with van der Waals surface area (Å²) in [5.74, 6) is -0.887. The van der Waals surface area contributed by atoms with E-state index in [1.807, 2.05) is 0 Å². The normalized spacial score (nSPS) is 17.0. The van der Waals surface area contributed by atoms with E-state index in [9.17, 15) is 17.6 Å². The van der Waals surface area contributed by atoms with Gasteiger partial charge in [-0.2, -0.15) is 0 Å². The molecular formula is C14H19FN2O3S. The Morgan fingerprint density at radius 1 is 1.29 bits per heavy atom. The highest BCUT2D eigenvalue weighted by molar-refractivity contribution is 7.88. The van der Waals surface area contributed by atoms with Crippen molar-refractivity contribution in [3.63, 3.8) is 0 Å². The molecular weight excluding hydrogens is 295 g/mol. The fourth-order valence-electron chi connectivity index (χ4n) is 2.37. The minimum Gasteiger partial charge on any atom is -0.341 e. The molecule has 0 aromatic heterocycles. The van der Waals surface area contributed by atoms with Crippen LogP contribution < -0.4 is 4.72 Å². The predicted molar refractivity (Wildman–Crippen MR) is 77.4 cm³/mol. The van der Waals surface area contributed by atoms with Crippen molar-refractivity contribution in [2.45, 2.75) is 31.6 Å². The minimum absolute atomic E-state index is 0.199. The van der Waals surface area contributed by atoms with Gasteiger partial charge in [0.05, 0.1) is 11.8 Å². The van der Waals surface area contributed by atoms with E-state index < -0.39 is 21.9 Å². The summed E-state index contributed by atoms with van der Waals surface area (Å²) < 4.78 is 39.3. The Balaban J connectivity index is 1.96. The summed E-state index contributed by atoms with van der Waals surface area (Å²) >= 11 is 0. The van der Waals surface area contributed by atoms with Gasteiger partial charge in [-0.05, 0) is 37.5 Å². The van der Waals surface area contributed by atoms with Gasteiger partial charge in [-0.25, -0.2) is 17.5 Å². The molecule has 1 aliphatic rings. The summed E-state index contributed by atoms with van der Waals surface area (Å²) in [4.78, 5) is 13.7. The third-order valence-electron chi connectivity index (χ3n) is 3.41. The smallest absolute Gasteiger partial charge is 0.240 e. The number of hydrogen-bond acceptors (Lipinski definition) is 3. The molecule has 1 atom stereocenters. The first-order chi connectivity index (χ1) is 9.87. The maximum atomic E-state index is 12.8. The predicted octanol–water partition coefficient (Wildman–Crippen LogP) is 1.26. The van der Waals surface area contributed by atoms with Gasteiger partial charge < -0.3 is 4.90 Å². The fourth-order valence-corrected chi connectivity index (χ4v) is 3.73. The van der Waals surface area contributed by atoms with Gasteiger partial charge in [-0.15, -0.1) is 0 Å². The molecule has 7 heteroatoms. The highest BCUT2D eigenvalue weighted by Crippen LogP contribution is 2.11. The third-order valence-corrected chi connectivity index (χ3v) is 4.84. The van der Waals surface area contributed by atoms with Crippen molar-refractivity contribution < 1.29 is 17.6 Å². The summed E-state index contributed by atoms with van der Waals surface area (Å²) in [5.41, 5.74) is 0.477. The lowest BCUT2D eigenvalue weighted by Gasteiger charge is -2.21. The van der Waals surface area contributed by atoms with Crippen LogP contribution in [-0.2, 0) is 20.6 Å². The Hall–Kier alpha value is -1.47. The van der Waals surface area contributed by atoms with Crippen molar-refractivity contribution in [1.29, 1.82) is 0 Å². The standard InChI is InChI=1S/C14H19FN2O3S/c1-11(14(18)17-8-2-3-9-17)16-21(19,20)10-12-4-6-13(15)7-5-12/h4-7,11,16H,2-3,8-10H2,1H3/t11-/m0/s1. The van der Waals surface area contributed by atoms with E-state index in [0.29, 0.717) is 18.7 Å². The van der Waals surface area contributed by atoms with Gasteiger partial charge in [-0.3, -0.25) is 4.79 Å². The Labute approximate surface area is 124 Å². The number of carbonyl (C=O) groups is 1.